The second-order valence-electron chi connectivity index (χ2n) is 24.3. The molecule has 2 aromatic heterocycles. The van der Waals surface area contributed by atoms with Crippen LogP contribution in [0.2, 0.25) is 0 Å². The molecular weight excluding hydrogens is 878 g/mol. The zero-order valence-corrected chi connectivity index (χ0v) is 44.3. The minimum atomic E-state index is -0.119. The lowest BCUT2D eigenvalue weighted by molar-refractivity contribution is 0.590. The van der Waals surface area contributed by atoms with E-state index in [-0.39, 0.29) is 28.4 Å². The van der Waals surface area contributed by atoms with Crippen LogP contribution in [-0.4, -0.2) is 11.3 Å². The van der Waals surface area contributed by atoms with E-state index in [1.807, 2.05) is 11.3 Å². The van der Waals surface area contributed by atoms with Crippen LogP contribution in [0.4, 0.5) is 34.1 Å². The van der Waals surface area contributed by atoms with Gasteiger partial charge in [-0.15, -0.1) is 11.3 Å². The Morgan fingerprint density at radius 1 is 0.408 bits per heavy atom. The average molecular weight is 942 g/mol. The number of hydrogen-bond donors (Lipinski definition) is 0. The van der Waals surface area contributed by atoms with Gasteiger partial charge in [0.1, 0.15) is 0 Å². The highest BCUT2D eigenvalue weighted by atomic mass is 32.1. The van der Waals surface area contributed by atoms with Gasteiger partial charge in [0.25, 0.3) is 6.71 Å². The molecule has 0 unspecified atom stereocenters. The SMILES string of the molecule is CC(C)(C)c1ccc(N2c3ccc(C(C)(C)C)cc3B3c4c2cc(-c2ccccc2)cc4N(c2ccc(C(C)(C)C)cc2)c2c3n(-c3ccc(C(C)(C)C)cc3)c3ccc4c5ccccc5sc4c23)cc1. The van der Waals surface area contributed by atoms with E-state index in [1.165, 1.54) is 109 Å². The molecule has 0 bridgehead atoms. The Morgan fingerprint density at radius 3 is 1.49 bits per heavy atom. The van der Waals surface area contributed by atoms with Crippen molar-refractivity contribution in [3.05, 3.63) is 192 Å². The summed E-state index contributed by atoms with van der Waals surface area (Å²) in [6, 6.07) is 65.5. The minimum absolute atomic E-state index is 0.000924. The number of fused-ring (bicyclic) bond motifs is 10. The van der Waals surface area contributed by atoms with Gasteiger partial charge < -0.3 is 14.4 Å². The van der Waals surface area contributed by atoms with Crippen LogP contribution in [0.25, 0.3) is 47.9 Å². The summed E-state index contributed by atoms with van der Waals surface area (Å²) in [6.07, 6.45) is 0. The average Bonchev–Trinajstić information content (AvgIpc) is 3.89. The van der Waals surface area contributed by atoms with Crippen molar-refractivity contribution in [1.29, 1.82) is 0 Å². The molecule has 5 heteroatoms. The molecule has 0 spiro atoms. The van der Waals surface area contributed by atoms with Crippen LogP contribution < -0.4 is 26.3 Å². The molecule has 12 rings (SSSR count). The number of hydrogen-bond acceptors (Lipinski definition) is 3. The highest BCUT2D eigenvalue weighted by Crippen LogP contribution is 2.52. The molecule has 71 heavy (non-hydrogen) atoms. The Kier molecular flexibility index (Phi) is 10.1. The summed E-state index contributed by atoms with van der Waals surface area (Å²) in [4.78, 5) is 5.24. The standard InChI is InChI=1S/C66H64BN3S/c1-63(2,3)43-22-29-47(30-23-43)68-53-36-28-46(66(10,11)12)40-52(53)67-59-55(68)38-42(41-18-14-13-15-19-41)39-56(59)69(48-31-24-44(25-32-48)64(4,5)6)60-58-54(37-35-51-50-20-16-17-21-57(50)71-61(51)58)70(62(60)67)49-33-26-45(27-34-49)65(7,8)9/h13-40H,1-12H3. The van der Waals surface area contributed by atoms with Crippen LogP contribution >= 0.6 is 11.3 Å². The zero-order valence-electron chi connectivity index (χ0n) is 43.5. The lowest BCUT2D eigenvalue weighted by Crippen LogP contribution is -2.63. The third-order valence-electron chi connectivity index (χ3n) is 15.4. The fourth-order valence-electron chi connectivity index (χ4n) is 11.4. The van der Waals surface area contributed by atoms with Crippen molar-refractivity contribution < 1.29 is 0 Å². The van der Waals surface area contributed by atoms with Gasteiger partial charge in [0, 0.05) is 65.3 Å². The predicted molar refractivity (Wildman–Crippen MR) is 310 cm³/mol. The number of aromatic nitrogens is 1. The number of nitrogens with zero attached hydrogens (tertiary/aromatic N) is 3. The van der Waals surface area contributed by atoms with Gasteiger partial charge in [-0.2, -0.15) is 0 Å². The first-order valence-corrected chi connectivity index (χ1v) is 26.4. The van der Waals surface area contributed by atoms with Crippen molar-refractivity contribution in [1.82, 2.24) is 4.57 Å². The van der Waals surface area contributed by atoms with Gasteiger partial charge in [0.05, 0.1) is 11.2 Å². The van der Waals surface area contributed by atoms with Gasteiger partial charge >= 0.3 is 0 Å². The molecule has 3 nitrogen and oxygen atoms in total. The first kappa shape index (κ1) is 45.3. The minimum Gasteiger partial charge on any atom is -0.319 e. The monoisotopic (exact) mass is 941 g/mol. The second kappa shape index (κ2) is 15.8. The van der Waals surface area contributed by atoms with Crippen molar-refractivity contribution in [3.8, 4) is 16.8 Å². The second-order valence-corrected chi connectivity index (χ2v) is 25.4. The number of rotatable bonds is 4. The van der Waals surface area contributed by atoms with Crippen LogP contribution in [0.1, 0.15) is 105 Å². The van der Waals surface area contributed by atoms with Crippen molar-refractivity contribution in [2.45, 2.75) is 105 Å². The predicted octanol–water partition coefficient (Wildman–Crippen LogP) is 16.9. The molecule has 0 fully saturated rings. The molecule has 0 saturated carbocycles. The fraction of sp³-hybridized carbons (Fsp3) is 0.242. The van der Waals surface area contributed by atoms with E-state index in [4.69, 9.17) is 0 Å². The quantitative estimate of drug-likeness (QED) is 0.163. The van der Waals surface area contributed by atoms with E-state index < -0.39 is 0 Å². The summed E-state index contributed by atoms with van der Waals surface area (Å²) in [6.45, 7) is 27.7. The van der Waals surface area contributed by atoms with Crippen LogP contribution in [-0.2, 0) is 21.7 Å². The molecule has 2 aliphatic rings. The van der Waals surface area contributed by atoms with Gasteiger partial charge in [-0.3, -0.25) is 0 Å². The van der Waals surface area contributed by atoms with Gasteiger partial charge in [-0.05, 0) is 133 Å². The van der Waals surface area contributed by atoms with Crippen molar-refractivity contribution in [2.24, 2.45) is 0 Å². The summed E-state index contributed by atoms with van der Waals surface area (Å²) in [5.74, 6) is 0. The molecule has 0 radical (unpaired) electrons. The maximum atomic E-state index is 2.66. The highest BCUT2D eigenvalue weighted by Gasteiger charge is 2.48. The molecule has 4 heterocycles. The Labute approximate surface area is 425 Å². The lowest BCUT2D eigenvalue weighted by Gasteiger charge is -2.44. The normalized spacial score (nSPS) is 13.8. The van der Waals surface area contributed by atoms with Gasteiger partial charge in [-0.1, -0.05) is 186 Å². The van der Waals surface area contributed by atoms with Crippen LogP contribution in [0.15, 0.2) is 170 Å². The summed E-state index contributed by atoms with van der Waals surface area (Å²) in [5, 5.41) is 3.91. The highest BCUT2D eigenvalue weighted by molar-refractivity contribution is 7.26. The van der Waals surface area contributed by atoms with Crippen LogP contribution in [0.3, 0.4) is 0 Å². The Morgan fingerprint density at radius 2 is 0.915 bits per heavy atom. The molecule has 8 aromatic carbocycles. The summed E-state index contributed by atoms with van der Waals surface area (Å²) < 4.78 is 5.29. The largest absolute Gasteiger partial charge is 0.319 e. The molecule has 10 aromatic rings. The third-order valence-corrected chi connectivity index (χ3v) is 16.6. The number of anilines is 6. The number of benzene rings is 8. The molecule has 2 aliphatic heterocycles. The van der Waals surface area contributed by atoms with Crippen LogP contribution in [0.5, 0.6) is 0 Å². The Bertz CT molecular complexity index is 3720. The number of thiophene rings is 1. The first-order chi connectivity index (χ1) is 33.8. The molecule has 0 amide bonds. The molecular formula is C66H64BN3S. The van der Waals surface area contributed by atoms with Gasteiger partial charge in [-0.25, -0.2) is 0 Å². The van der Waals surface area contributed by atoms with E-state index >= 15 is 0 Å². The fourth-order valence-corrected chi connectivity index (χ4v) is 12.7. The van der Waals surface area contributed by atoms with E-state index in [0.717, 1.165) is 11.4 Å². The Hall–Kier alpha value is -6.82. The molecule has 352 valence electrons. The van der Waals surface area contributed by atoms with Crippen molar-refractivity contribution >= 4 is 99.8 Å². The lowest BCUT2D eigenvalue weighted by atomic mass is 9.34. The van der Waals surface area contributed by atoms with Crippen LogP contribution in [0, 0.1) is 0 Å². The summed E-state index contributed by atoms with van der Waals surface area (Å²) in [5.41, 5.74) is 21.2. The van der Waals surface area contributed by atoms with Crippen molar-refractivity contribution in [2.75, 3.05) is 9.80 Å². The smallest absolute Gasteiger partial charge is 0.273 e. The Balaban J connectivity index is 1.29. The topological polar surface area (TPSA) is 11.4 Å². The van der Waals surface area contributed by atoms with E-state index in [1.54, 1.807) is 0 Å². The van der Waals surface area contributed by atoms with E-state index in [9.17, 15) is 0 Å². The molecule has 0 aliphatic carbocycles. The van der Waals surface area contributed by atoms with E-state index in [0.29, 0.717) is 0 Å². The first-order valence-electron chi connectivity index (χ1n) is 25.5. The van der Waals surface area contributed by atoms with Crippen molar-refractivity contribution in [3.63, 3.8) is 0 Å². The summed E-state index contributed by atoms with van der Waals surface area (Å²) in [7, 11) is 0. The van der Waals surface area contributed by atoms with Gasteiger partial charge in [0.2, 0.25) is 0 Å². The zero-order chi connectivity index (χ0) is 49.5. The maximum absolute atomic E-state index is 2.66. The molecule has 0 atom stereocenters. The maximum Gasteiger partial charge on any atom is 0.273 e. The molecule has 0 saturated heterocycles. The molecule has 0 N–H and O–H groups in total. The third kappa shape index (κ3) is 7.29. The van der Waals surface area contributed by atoms with E-state index in [2.05, 4.69) is 267 Å². The summed E-state index contributed by atoms with van der Waals surface area (Å²) >= 11 is 1.93. The van der Waals surface area contributed by atoms with Gasteiger partial charge in [0.15, 0.2) is 0 Å².